The van der Waals surface area contributed by atoms with E-state index in [1.807, 2.05) is 36.5 Å². The molecule has 4 rings (SSSR count). The lowest BCUT2D eigenvalue weighted by molar-refractivity contribution is -0.143. The van der Waals surface area contributed by atoms with Crippen molar-refractivity contribution < 1.29 is 19.4 Å². The molecule has 0 unspecified atom stereocenters. The van der Waals surface area contributed by atoms with E-state index in [1.165, 1.54) is 11.1 Å². The van der Waals surface area contributed by atoms with Crippen molar-refractivity contribution in [1.82, 2.24) is 4.98 Å². The van der Waals surface area contributed by atoms with Crippen molar-refractivity contribution >= 4 is 11.8 Å². The van der Waals surface area contributed by atoms with Gasteiger partial charge in [-0.15, -0.1) is 0 Å². The van der Waals surface area contributed by atoms with Crippen LogP contribution in [0.2, 0.25) is 0 Å². The molecule has 0 amide bonds. The van der Waals surface area contributed by atoms with E-state index in [9.17, 15) is 4.79 Å². The molecule has 0 radical (unpaired) electrons. The number of aromatic nitrogens is 1. The highest BCUT2D eigenvalue weighted by Gasteiger charge is 2.26. The van der Waals surface area contributed by atoms with E-state index in [4.69, 9.17) is 14.6 Å². The van der Waals surface area contributed by atoms with Crippen LogP contribution in [0.1, 0.15) is 36.8 Å². The quantitative estimate of drug-likeness (QED) is 0.411. The molecule has 0 aliphatic heterocycles. The zero-order valence-electron chi connectivity index (χ0n) is 19.8. The maximum atomic E-state index is 11.1. The van der Waals surface area contributed by atoms with Gasteiger partial charge in [-0.05, 0) is 73.9 Å². The molecule has 6 heteroatoms. The SMILES string of the molecule is COc1cc(-c2ccc(NCc3cccc(C)c3)nc2)ccc1OCC1CCC(C(=O)O)CC1. The number of ether oxygens (including phenoxy) is 2. The summed E-state index contributed by atoms with van der Waals surface area (Å²) < 4.78 is 11.6. The maximum Gasteiger partial charge on any atom is 0.306 e. The third-order valence-electron chi connectivity index (χ3n) is 6.49. The Morgan fingerprint density at radius 2 is 1.82 bits per heavy atom. The summed E-state index contributed by atoms with van der Waals surface area (Å²) in [5.41, 5.74) is 4.47. The van der Waals surface area contributed by atoms with Crippen LogP contribution in [0, 0.1) is 18.8 Å². The smallest absolute Gasteiger partial charge is 0.306 e. The lowest BCUT2D eigenvalue weighted by Crippen LogP contribution is -2.24. The summed E-state index contributed by atoms with van der Waals surface area (Å²) in [6, 6.07) is 18.4. The third kappa shape index (κ3) is 6.07. The molecule has 1 aromatic heterocycles. The average Bonchev–Trinajstić information content (AvgIpc) is 2.87. The van der Waals surface area contributed by atoms with E-state index in [-0.39, 0.29) is 5.92 Å². The summed E-state index contributed by atoms with van der Waals surface area (Å²) in [6.45, 7) is 3.39. The standard InChI is InChI=1S/C28H32N2O4/c1-19-4-3-5-21(14-19)16-29-27-13-11-24(17-30-27)23-10-12-25(26(15-23)33-2)34-18-20-6-8-22(9-7-20)28(31)32/h3-5,10-15,17,20,22H,6-9,16,18H2,1-2H3,(H,29,30)(H,31,32). The van der Waals surface area contributed by atoms with E-state index in [1.54, 1.807) is 7.11 Å². The van der Waals surface area contributed by atoms with Gasteiger partial charge in [-0.2, -0.15) is 0 Å². The molecule has 3 aromatic rings. The van der Waals surface area contributed by atoms with Gasteiger partial charge in [-0.25, -0.2) is 4.98 Å². The molecule has 0 spiro atoms. The second-order valence-corrected chi connectivity index (χ2v) is 9.01. The molecule has 6 nitrogen and oxygen atoms in total. The number of nitrogens with one attached hydrogen (secondary N) is 1. The first kappa shape index (κ1) is 23.6. The minimum absolute atomic E-state index is 0.206. The van der Waals surface area contributed by atoms with Gasteiger partial charge in [0.05, 0.1) is 19.6 Å². The molecule has 0 atom stereocenters. The first-order chi connectivity index (χ1) is 16.5. The zero-order chi connectivity index (χ0) is 23.9. The predicted octanol–water partition coefficient (Wildman–Crippen LogP) is 5.95. The van der Waals surface area contributed by atoms with Gasteiger partial charge in [-0.3, -0.25) is 4.79 Å². The van der Waals surface area contributed by atoms with Crippen LogP contribution in [0.3, 0.4) is 0 Å². The van der Waals surface area contributed by atoms with Gasteiger partial charge in [-0.1, -0.05) is 35.9 Å². The summed E-state index contributed by atoms with van der Waals surface area (Å²) in [7, 11) is 1.64. The van der Waals surface area contributed by atoms with Crippen LogP contribution in [-0.2, 0) is 11.3 Å². The lowest BCUT2D eigenvalue weighted by Gasteiger charge is -2.26. The number of aryl methyl sites for hydroxylation is 1. The number of carboxylic acids is 1. The summed E-state index contributed by atoms with van der Waals surface area (Å²) in [5.74, 6) is 1.71. The molecule has 1 aliphatic rings. The Balaban J connectivity index is 1.35. The number of rotatable bonds is 9. The first-order valence-electron chi connectivity index (χ1n) is 11.8. The van der Waals surface area contributed by atoms with Crippen molar-refractivity contribution in [3.05, 3.63) is 71.9 Å². The molecule has 2 N–H and O–H groups in total. The summed E-state index contributed by atoms with van der Waals surface area (Å²) in [5, 5.41) is 12.5. The number of pyridine rings is 1. The Hall–Kier alpha value is -3.54. The second kappa shape index (κ2) is 11.1. The van der Waals surface area contributed by atoms with E-state index < -0.39 is 5.97 Å². The molecular weight excluding hydrogens is 428 g/mol. The number of benzene rings is 2. The number of hydrogen-bond acceptors (Lipinski definition) is 5. The van der Waals surface area contributed by atoms with Gasteiger partial charge >= 0.3 is 5.97 Å². The van der Waals surface area contributed by atoms with Crippen molar-refractivity contribution in [1.29, 1.82) is 0 Å². The fraction of sp³-hybridized carbons (Fsp3) is 0.357. The Morgan fingerprint density at radius 1 is 1.03 bits per heavy atom. The highest BCUT2D eigenvalue weighted by atomic mass is 16.5. The predicted molar refractivity (Wildman–Crippen MR) is 133 cm³/mol. The largest absolute Gasteiger partial charge is 0.493 e. The van der Waals surface area contributed by atoms with Crippen molar-refractivity contribution in [2.24, 2.45) is 11.8 Å². The topological polar surface area (TPSA) is 80.7 Å². The molecule has 1 fully saturated rings. The number of methoxy groups -OCH3 is 1. The van der Waals surface area contributed by atoms with Gasteiger partial charge in [0.1, 0.15) is 5.82 Å². The Kier molecular flexibility index (Phi) is 7.68. The highest BCUT2D eigenvalue weighted by molar-refractivity contribution is 5.70. The van der Waals surface area contributed by atoms with Gasteiger partial charge < -0.3 is 19.9 Å². The molecular formula is C28H32N2O4. The van der Waals surface area contributed by atoms with Crippen LogP contribution in [0.4, 0.5) is 5.82 Å². The van der Waals surface area contributed by atoms with Crippen LogP contribution in [0.25, 0.3) is 11.1 Å². The van der Waals surface area contributed by atoms with Crippen LogP contribution >= 0.6 is 0 Å². The molecule has 1 saturated carbocycles. The van der Waals surface area contributed by atoms with Gasteiger partial charge in [0.2, 0.25) is 0 Å². The molecule has 1 heterocycles. The molecule has 34 heavy (non-hydrogen) atoms. The minimum atomic E-state index is -0.679. The third-order valence-corrected chi connectivity index (χ3v) is 6.49. The average molecular weight is 461 g/mol. The monoisotopic (exact) mass is 460 g/mol. The molecule has 0 bridgehead atoms. The van der Waals surface area contributed by atoms with Crippen LogP contribution < -0.4 is 14.8 Å². The van der Waals surface area contributed by atoms with Crippen molar-refractivity contribution in [3.63, 3.8) is 0 Å². The Labute approximate surface area is 201 Å². The normalized spacial score (nSPS) is 17.7. The van der Waals surface area contributed by atoms with E-state index in [0.29, 0.717) is 24.0 Å². The Bertz CT molecular complexity index is 1110. The lowest BCUT2D eigenvalue weighted by atomic mass is 9.82. The molecule has 0 saturated heterocycles. The Morgan fingerprint density at radius 3 is 2.50 bits per heavy atom. The molecule has 178 valence electrons. The minimum Gasteiger partial charge on any atom is -0.493 e. The van der Waals surface area contributed by atoms with E-state index in [2.05, 4.69) is 41.5 Å². The summed E-state index contributed by atoms with van der Waals surface area (Å²) >= 11 is 0. The number of anilines is 1. The first-order valence-corrected chi connectivity index (χ1v) is 11.8. The fourth-order valence-corrected chi connectivity index (χ4v) is 4.43. The van der Waals surface area contributed by atoms with Gasteiger partial charge in [0, 0.05) is 18.3 Å². The van der Waals surface area contributed by atoms with Crippen LogP contribution in [0.15, 0.2) is 60.8 Å². The number of hydrogen-bond donors (Lipinski definition) is 2. The van der Waals surface area contributed by atoms with Crippen molar-refractivity contribution in [2.45, 2.75) is 39.2 Å². The second-order valence-electron chi connectivity index (χ2n) is 9.01. The zero-order valence-corrected chi connectivity index (χ0v) is 19.8. The summed E-state index contributed by atoms with van der Waals surface area (Å²) in [6.07, 6.45) is 5.07. The molecule has 2 aromatic carbocycles. The molecule has 1 aliphatic carbocycles. The number of nitrogens with zero attached hydrogens (tertiary/aromatic N) is 1. The van der Waals surface area contributed by atoms with Crippen molar-refractivity contribution in [2.75, 3.05) is 19.0 Å². The number of aliphatic carboxylic acids is 1. The van der Waals surface area contributed by atoms with Crippen molar-refractivity contribution in [3.8, 4) is 22.6 Å². The fourth-order valence-electron chi connectivity index (χ4n) is 4.43. The maximum absolute atomic E-state index is 11.1. The van der Waals surface area contributed by atoms with Crippen LogP contribution in [-0.4, -0.2) is 29.8 Å². The van der Waals surface area contributed by atoms with E-state index >= 15 is 0 Å². The number of carboxylic acid groups (broad SMARTS) is 1. The van der Waals surface area contributed by atoms with Gasteiger partial charge in [0.15, 0.2) is 11.5 Å². The highest BCUT2D eigenvalue weighted by Crippen LogP contribution is 2.34. The van der Waals surface area contributed by atoms with Crippen LogP contribution in [0.5, 0.6) is 11.5 Å². The van der Waals surface area contributed by atoms with E-state index in [0.717, 1.165) is 49.2 Å². The van der Waals surface area contributed by atoms with Gasteiger partial charge in [0.25, 0.3) is 0 Å². The summed E-state index contributed by atoms with van der Waals surface area (Å²) in [4.78, 5) is 15.7. The number of carbonyl (C=O) groups is 1.